The average Bonchev–Trinajstić information content (AvgIpc) is 3.01. The van der Waals surface area contributed by atoms with Crippen LogP contribution in [0.1, 0.15) is 27.7 Å². The second kappa shape index (κ2) is 6.44. The van der Waals surface area contributed by atoms with Crippen LogP contribution in [0.4, 0.5) is 5.69 Å². The van der Waals surface area contributed by atoms with Crippen LogP contribution in [-0.2, 0) is 6.42 Å². The third kappa shape index (κ3) is 3.13. The summed E-state index contributed by atoms with van der Waals surface area (Å²) in [6.07, 6.45) is 2.06. The number of amides is 1. The lowest BCUT2D eigenvalue weighted by molar-refractivity contribution is -0.385. The van der Waals surface area contributed by atoms with E-state index in [1.807, 2.05) is 6.92 Å². The number of carbonyl (C=O) groups excluding carboxylic acids is 1. The molecule has 0 radical (unpaired) electrons. The number of nitrogens with one attached hydrogen (secondary N) is 1. The van der Waals surface area contributed by atoms with Crippen molar-refractivity contribution in [3.8, 4) is 0 Å². The van der Waals surface area contributed by atoms with E-state index >= 15 is 0 Å². The quantitative estimate of drug-likeness (QED) is 0.570. The molecule has 2 heterocycles. The zero-order valence-corrected chi connectivity index (χ0v) is 14.3. The van der Waals surface area contributed by atoms with Crippen molar-refractivity contribution in [3.63, 3.8) is 0 Å². The summed E-state index contributed by atoms with van der Waals surface area (Å²) in [4.78, 5) is 41.0. The van der Waals surface area contributed by atoms with Crippen LogP contribution in [0.25, 0.3) is 10.2 Å². The van der Waals surface area contributed by atoms with Gasteiger partial charge in [0.25, 0.3) is 17.2 Å². The van der Waals surface area contributed by atoms with Crippen LogP contribution < -0.4 is 11.0 Å². The first-order chi connectivity index (χ1) is 11.9. The zero-order valence-electron chi connectivity index (χ0n) is 13.5. The molecule has 0 saturated carbocycles. The maximum atomic E-state index is 12.5. The second-order valence-corrected chi connectivity index (χ2v) is 6.52. The second-order valence-electron chi connectivity index (χ2n) is 5.40. The molecule has 0 spiro atoms. The Morgan fingerprint density at radius 2 is 2.16 bits per heavy atom. The number of carbonyl (C=O) groups is 1. The molecule has 0 unspecified atom stereocenters. The zero-order chi connectivity index (χ0) is 18.1. The number of thiophene rings is 1. The molecule has 25 heavy (non-hydrogen) atoms. The van der Waals surface area contributed by atoms with Gasteiger partial charge in [-0.1, -0.05) is 6.92 Å². The fourth-order valence-electron chi connectivity index (χ4n) is 2.40. The predicted octanol–water partition coefficient (Wildman–Crippen LogP) is 2.62. The molecule has 0 aliphatic carbocycles. The number of nitrogens with zero attached hydrogens (tertiary/aromatic N) is 3. The van der Waals surface area contributed by atoms with E-state index in [4.69, 9.17) is 0 Å². The third-order valence-corrected chi connectivity index (χ3v) is 4.92. The minimum atomic E-state index is -0.549. The molecule has 8 nitrogen and oxygen atoms in total. The minimum absolute atomic E-state index is 0.0674. The van der Waals surface area contributed by atoms with Crippen molar-refractivity contribution in [2.75, 3.05) is 5.43 Å². The summed E-state index contributed by atoms with van der Waals surface area (Å²) >= 11 is 1.44. The Bertz CT molecular complexity index is 1050. The number of aromatic nitrogens is 2. The maximum absolute atomic E-state index is 12.5. The topological polar surface area (TPSA) is 107 Å². The number of benzene rings is 1. The largest absolute Gasteiger partial charge is 0.280 e. The van der Waals surface area contributed by atoms with Gasteiger partial charge in [0, 0.05) is 22.1 Å². The van der Waals surface area contributed by atoms with Crippen molar-refractivity contribution in [1.29, 1.82) is 0 Å². The van der Waals surface area contributed by atoms with Crippen LogP contribution in [-0.4, -0.2) is 20.5 Å². The van der Waals surface area contributed by atoms with Crippen molar-refractivity contribution in [3.05, 3.63) is 67.1 Å². The lowest BCUT2D eigenvalue weighted by Crippen LogP contribution is -2.33. The van der Waals surface area contributed by atoms with Crippen molar-refractivity contribution < 1.29 is 9.72 Å². The van der Waals surface area contributed by atoms with E-state index in [2.05, 4.69) is 10.4 Å². The summed E-state index contributed by atoms with van der Waals surface area (Å²) in [7, 11) is 0. The molecular weight excluding hydrogens is 344 g/mol. The van der Waals surface area contributed by atoms with Gasteiger partial charge < -0.3 is 0 Å². The van der Waals surface area contributed by atoms with Gasteiger partial charge in [-0.2, -0.15) is 0 Å². The van der Waals surface area contributed by atoms with E-state index in [1.165, 1.54) is 35.9 Å². The first-order valence-corrected chi connectivity index (χ1v) is 8.29. The summed E-state index contributed by atoms with van der Waals surface area (Å²) in [5.41, 5.74) is 2.61. The van der Waals surface area contributed by atoms with Gasteiger partial charge in [0.1, 0.15) is 11.2 Å². The predicted molar refractivity (Wildman–Crippen MR) is 94.8 cm³/mol. The van der Waals surface area contributed by atoms with Crippen molar-refractivity contribution in [2.45, 2.75) is 20.3 Å². The Hall–Kier alpha value is -3.07. The van der Waals surface area contributed by atoms with Crippen molar-refractivity contribution in [2.24, 2.45) is 0 Å². The van der Waals surface area contributed by atoms with Crippen LogP contribution in [0.15, 0.2) is 35.4 Å². The number of aryl methyl sites for hydroxylation is 2. The average molecular weight is 358 g/mol. The summed E-state index contributed by atoms with van der Waals surface area (Å²) in [5.74, 6) is -0.549. The molecule has 1 aromatic carbocycles. The molecule has 2 aromatic heterocycles. The van der Waals surface area contributed by atoms with Gasteiger partial charge >= 0.3 is 0 Å². The SMILES string of the molecule is CCc1cc2c(=O)n(NC(=O)c3ccc([N+](=O)[O-])c(C)c3)cnc2s1. The number of nitro groups is 1. The Morgan fingerprint density at radius 3 is 2.80 bits per heavy atom. The standard InChI is InChI=1S/C16H14N4O4S/c1-3-11-7-12-15(25-11)17-8-19(16(12)22)18-14(21)10-4-5-13(20(23)24)9(2)6-10/h4-8H,3H2,1-2H3,(H,18,21). The van der Waals surface area contributed by atoms with Crippen LogP contribution in [0.3, 0.4) is 0 Å². The van der Waals surface area contributed by atoms with Crippen LogP contribution in [0.2, 0.25) is 0 Å². The highest BCUT2D eigenvalue weighted by Crippen LogP contribution is 2.21. The van der Waals surface area contributed by atoms with Gasteiger partial charge in [0.2, 0.25) is 0 Å². The summed E-state index contributed by atoms with van der Waals surface area (Å²) in [5, 5.41) is 11.3. The molecule has 0 fully saturated rings. The number of hydrogen-bond acceptors (Lipinski definition) is 6. The van der Waals surface area contributed by atoms with E-state index in [9.17, 15) is 19.7 Å². The molecule has 0 aliphatic heterocycles. The highest BCUT2D eigenvalue weighted by Gasteiger charge is 2.15. The van der Waals surface area contributed by atoms with Gasteiger partial charge in [-0.3, -0.25) is 25.1 Å². The molecule has 3 aromatic rings. The molecule has 128 valence electrons. The molecular formula is C16H14N4O4S. The van der Waals surface area contributed by atoms with Crippen molar-refractivity contribution in [1.82, 2.24) is 9.66 Å². The molecule has 1 N–H and O–H groups in total. The van der Waals surface area contributed by atoms with Gasteiger partial charge in [-0.05, 0) is 31.5 Å². The Labute approximate surface area is 145 Å². The van der Waals surface area contributed by atoms with E-state index in [0.29, 0.717) is 15.8 Å². The lowest BCUT2D eigenvalue weighted by atomic mass is 10.1. The normalized spacial score (nSPS) is 10.8. The molecule has 1 amide bonds. The van der Waals surface area contributed by atoms with E-state index in [1.54, 1.807) is 13.0 Å². The fraction of sp³-hybridized carbons (Fsp3) is 0.188. The number of fused-ring (bicyclic) bond motifs is 1. The van der Waals surface area contributed by atoms with Gasteiger partial charge in [0.15, 0.2) is 0 Å². The summed E-state index contributed by atoms with van der Waals surface area (Å²) in [6.45, 7) is 3.54. The first-order valence-electron chi connectivity index (χ1n) is 7.47. The number of rotatable bonds is 4. The van der Waals surface area contributed by atoms with Gasteiger partial charge in [0.05, 0.1) is 10.3 Å². The molecule has 0 bridgehead atoms. The Kier molecular flexibility index (Phi) is 4.32. The van der Waals surface area contributed by atoms with E-state index < -0.39 is 10.8 Å². The number of nitro benzene ring substituents is 1. The van der Waals surface area contributed by atoms with Crippen molar-refractivity contribution >= 4 is 33.1 Å². The summed E-state index contributed by atoms with van der Waals surface area (Å²) in [6, 6.07) is 5.79. The fourth-order valence-corrected chi connectivity index (χ4v) is 3.33. The van der Waals surface area contributed by atoms with E-state index in [0.717, 1.165) is 16.0 Å². The maximum Gasteiger partial charge on any atom is 0.280 e. The first kappa shape index (κ1) is 16.8. The molecule has 9 heteroatoms. The summed E-state index contributed by atoms with van der Waals surface area (Å²) < 4.78 is 1.02. The molecule has 3 rings (SSSR count). The minimum Gasteiger partial charge on any atom is -0.267 e. The van der Waals surface area contributed by atoms with E-state index in [-0.39, 0.29) is 16.8 Å². The smallest absolute Gasteiger partial charge is 0.267 e. The van der Waals surface area contributed by atoms with Crippen LogP contribution in [0.5, 0.6) is 0 Å². The monoisotopic (exact) mass is 358 g/mol. The molecule has 0 saturated heterocycles. The van der Waals surface area contributed by atoms with Crippen LogP contribution >= 0.6 is 11.3 Å². The lowest BCUT2D eigenvalue weighted by Gasteiger charge is -2.08. The highest BCUT2D eigenvalue weighted by molar-refractivity contribution is 7.18. The van der Waals surface area contributed by atoms with Gasteiger partial charge in [-0.25, -0.2) is 9.66 Å². The number of hydrogen-bond donors (Lipinski definition) is 1. The molecule has 0 aliphatic rings. The van der Waals surface area contributed by atoms with Gasteiger partial charge in [-0.15, -0.1) is 11.3 Å². The van der Waals surface area contributed by atoms with Crippen LogP contribution in [0, 0.1) is 17.0 Å². The molecule has 0 atom stereocenters. The third-order valence-electron chi connectivity index (χ3n) is 3.73. The Balaban J connectivity index is 1.92. The Morgan fingerprint density at radius 1 is 1.40 bits per heavy atom. The highest BCUT2D eigenvalue weighted by atomic mass is 32.1.